The van der Waals surface area contributed by atoms with Crippen LogP contribution in [0.1, 0.15) is 213 Å². The van der Waals surface area contributed by atoms with Crippen molar-refractivity contribution < 1.29 is 4.42 Å². The Balaban J connectivity index is 1.24. The number of hydrogen-bond acceptors (Lipinski definition) is 3. The number of fused-ring (bicyclic) bond motifs is 9. The summed E-state index contributed by atoms with van der Waals surface area (Å²) in [7, 11) is 0. The van der Waals surface area contributed by atoms with E-state index < -0.39 is 0 Å². The van der Waals surface area contributed by atoms with Crippen molar-refractivity contribution in [3.63, 3.8) is 0 Å². The maximum absolute atomic E-state index is 7.75. The molecular weight excluding hydrogens is 908 g/mol. The predicted octanol–water partition coefficient (Wildman–Crippen LogP) is 18.1. The summed E-state index contributed by atoms with van der Waals surface area (Å²) in [5.41, 5.74) is 26.7. The van der Waals surface area contributed by atoms with E-state index in [0.717, 1.165) is 30.7 Å². The van der Waals surface area contributed by atoms with Crippen LogP contribution in [0, 0.1) is 6.92 Å². The monoisotopic (exact) mass is 993 g/mol. The van der Waals surface area contributed by atoms with Gasteiger partial charge in [-0.3, -0.25) is 4.90 Å². The summed E-state index contributed by atoms with van der Waals surface area (Å²) >= 11 is 0. The smallest absolute Gasteiger partial charge is 0.257 e. The van der Waals surface area contributed by atoms with E-state index in [1.165, 1.54) is 131 Å². The van der Waals surface area contributed by atoms with Crippen molar-refractivity contribution in [2.75, 3.05) is 9.80 Å². The summed E-state index contributed by atoms with van der Waals surface area (Å²) in [6.45, 7) is 45.8. The van der Waals surface area contributed by atoms with Crippen LogP contribution in [-0.2, 0) is 43.3 Å². The normalized spacial score (nSPS) is 20.2. The highest BCUT2D eigenvalue weighted by molar-refractivity contribution is 7.01. The Bertz CT molecular complexity index is 3540. The van der Waals surface area contributed by atoms with Gasteiger partial charge in [0, 0.05) is 39.3 Å². The first-order valence-electron chi connectivity index (χ1n) is 28.7. The summed E-state index contributed by atoms with van der Waals surface area (Å²) < 4.78 is 7.75. The summed E-state index contributed by atoms with van der Waals surface area (Å²) in [6.07, 6.45) is 6.99. The summed E-state index contributed by atoms with van der Waals surface area (Å²) in [5.74, 6) is 0.955. The van der Waals surface area contributed by atoms with E-state index in [0.29, 0.717) is 0 Å². The Morgan fingerprint density at radius 2 is 0.893 bits per heavy atom. The third-order valence-corrected chi connectivity index (χ3v) is 20.1. The largest absolute Gasteiger partial charge is 0.440 e. The molecule has 1 aromatic heterocycles. The molecule has 2 aliphatic heterocycles. The number of aryl methyl sites for hydroxylation is 1. The lowest BCUT2D eigenvalue weighted by molar-refractivity contribution is 0.332. The molecule has 388 valence electrons. The molecule has 0 fully saturated rings. The summed E-state index contributed by atoms with van der Waals surface area (Å²) in [6, 6.07) is 39.8. The van der Waals surface area contributed by atoms with E-state index in [4.69, 9.17) is 4.42 Å². The minimum atomic E-state index is -0.0888. The van der Waals surface area contributed by atoms with Crippen LogP contribution in [0.4, 0.5) is 34.3 Å². The first-order chi connectivity index (χ1) is 34.8. The van der Waals surface area contributed by atoms with Gasteiger partial charge < -0.3 is 9.32 Å². The first kappa shape index (κ1) is 50.3. The van der Waals surface area contributed by atoms with Crippen molar-refractivity contribution in [2.24, 2.45) is 0 Å². The maximum Gasteiger partial charge on any atom is 0.257 e. The zero-order valence-electron chi connectivity index (χ0n) is 49.4. The number of furan rings is 1. The van der Waals surface area contributed by atoms with Crippen LogP contribution in [0.25, 0.3) is 22.1 Å². The Morgan fingerprint density at radius 3 is 1.45 bits per heavy atom. The second-order valence-electron chi connectivity index (χ2n) is 30.3. The van der Waals surface area contributed by atoms with Gasteiger partial charge in [0.15, 0.2) is 0 Å². The van der Waals surface area contributed by atoms with Crippen LogP contribution < -0.4 is 26.2 Å². The molecule has 4 heteroatoms. The number of anilines is 6. The number of nitrogens with zero attached hydrogens (tertiary/aromatic N) is 2. The Hall–Kier alpha value is -5.48. The minimum Gasteiger partial charge on any atom is -0.440 e. The van der Waals surface area contributed by atoms with Crippen molar-refractivity contribution in [3.8, 4) is 11.1 Å². The molecule has 0 saturated carbocycles. The lowest BCUT2D eigenvalue weighted by Gasteiger charge is -2.45. The second-order valence-corrected chi connectivity index (χ2v) is 30.3. The third kappa shape index (κ3) is 7.62. The minimum absolute atomic E-state index is 0.0204. The summed E-state index contributed by atoms with van der Waals surface area (Å²) in [5, 5.41) is 1.25. The number of benzene rings is 6. The van der Waals surface area contributed by atoms with Crippen LogP contribution in [0.15, 0.2) is 101 Å². The molecule has 3 heterocycles. The van der Waals surface area contributed by atoms with E-state index in [-0.39, 0.29) is 50.0 Å². The molecule has 5 aliphatic rings. The fourth-order valence-electron chi connectivity index (χ4n) is 14.6. The van der Waals surface area contributed by atoms with E-state index in [2.05, 4.69) is 238 Å². The summed E-state index contributed by atoms with van der Waals surface area (Å²) in [4.78, 5) is 5.22. The standard InChI is InChI=1S/C71H85BN2O/c1-42-34-51-53(69(14,15)31-30-67(51,10)11)39-48(42)43-35-58-62-59(36-43)74(47-25-26-50-52(38-47)68(12,13)29-28-66(50,8)9)63-61(49-40-54-55(41-60(49)75-63)71(18,19)33-32-70(54,16)17)72(62)56-37-45(65(5,6)7)22-27-57(56)73(58)46-23-20-44(21-24-46)64(2,3)4/h20-27,34-41H,28-33H2,1-19H3. The lowest BCUT2D eigenvalue weighted by Crippen LogP contribution is -2.61. The number of rotatable bonds is 3. The quantitative estimate of drug-likeness (QED) is 0.165. The second kappa shape index (κ2) is 15.8. The van der Waals surface area contributed by atoms with Crippen molar-refractivity contribution in [2.45, 2.75) is 213 Å². The van der Waals surface area contributed by atoms with Gasteiger partial charge in [0.1, 0.15) is 5.58 Å². The average molecular weight is 993 g/mol. The third-order valence-electron chi connectivity index (χ3n) is 20.1. The Labute approximate surface area is 452 Å². The molecule has 0 atom stereocenters. The highest BCUT2D eigenvalue weighted by atomic mass is 16.4. The van der Waals surface area contributed by atoms with Crippen molar-refractivity contribution in [1.29, 1.82) is 0 Å². The van der Waals surface area contributed by atoms with Crippen LogP contribution in [-0.4, -0.2) is 6.71 Å². The molecule has 0 unspecified atom stereocenters. The van der Waals surface area contributed by atoms with Gasteiger partial charge in [-0.15, -0.1) is 0 Å². The molecule has 3 nitrogen and oxygen atoms in total. The van der Waals surface area contributed by atoms with E-state index in [1.54, 1.807) is 0 Å². The zero-order chi connectivity index (χ0) is 53.7. The molecule has 75 heavy (non-hydrogen) atoms. The van der Waals surface area contributed by atoms with Gasteiger partial charge in [-0.05, 0) is 215 Å². The van der Waals surface area contributed by atoms with Crippen LogP contribution >= 0.6 is 0 Å². The Kier molecular flexibility index (Phi) is 10.6. The van der Waals surface area contributed by atoms with Gasteiger partial charge in [0.2, 0.25) is 5.88 Å². The van der Waals surface area contributed by atoms with Gasteiger partial charge >= 0.3 is 0 Å². The zero-order valence-corrected chi connectivity index (χ0v) is 49.4. The van der Waals surface area contributed by atoms with E-state index >= 15 is 0 Å². The van der Waals surface area contributed by atoms with Crippen molar-refractivity contribution in [3.05, 3.63) is 147 Å². The molecule has 0 spiro atoms. The van der Waals surface area contributed by atoms with E-state index in [1.807, 2.05) is 0 Å². The van der Waals surface area contributed by atoms with Crippen LogP contribution in [0.5, 0.6) is 0 Å². The molecule has 0 radical (unpaired) electrons. The first-order valence-corrected chi connectivity index (χ1v) is 28.7. The molecule has 0 bridgehead atoms. The van der Waals surface area contributed by atoms with Crippen molar-refractivity contribution in [1.82, 2.24) is 0 Å². The maximum atomic E-state index is 7.75. The molecule has 0 saturated heterocycles. The topological polar surface area (TPSA) is 19.6 Å². The molecule has 12 rings (SSSR count). The molecule has 0 amide bonds. The van der Waals surface area contributed by atoms with Gasteiger partial charge in [-0.2, -0.15) is 0 Å². The van der Waals surface area contributed by atoms with Crippen LogP contribution in [0.3, 0.4) is 0 Å². The molecule has 0 N–H and O–H groups in total. The lowest BCUT2D eigenvalue weighted by atomic mass is 9.33. The predicted molar refractivity (Wildman–Crippen MR) is 324 cm³/mol. The van der Waals surface area contributed by atoms with Crippen molar-refractivity contribution >= 4 is 68.4 Å². The molecule has 7 aromatic rings. The fraction of sp³-hybridized carbons (Fsp3) is 0.465. The molecule has 6 aromatic carbocycles. The van der Waals surface area contributed by atoms with Crippen LogP contribution in [0.2, 0.25) is 0 Å². The van der Waals surface area contributed by atoms with Gasteiger partial charge in [0.25, 0.3) is 6.71 Å². The highest BCUT2D eigenvalue weighted by Crippen LogP contribution is 2.55. The fourth-order valence-corrected chi connectivity index (χ4v) is 14.6. The SMILES string of the molecule is Cc1cc2c(cc1-c1cc3c4c(c1)N(c1ccc5c(c1)C(C)(C)CCC5(C)C)c1oc5cc6c(cc5c1B4c1cc(C(C)(C)C)ccc1N3c1ccc(C(C)(C)C)cc1)C(C)(C)CCC6(C)C)C(C)(C)CCC2(C)C. The van der Waals surface area contributed by atoms with E-state index in [9.17, 15) is 0 Å². The van der Waals surface area contributed by atoms with Gasteiger partial charge in [0.05, 0.1) is 0 Å². The molecule has 3 aliphatic carbocycles. The van der Waals surface area contributed by atoms with Gasteiger partial charge in [-0.25, -0.2) is 0 Å². The number of hydrogen-bond donors (Lipinski definition) is 0. The average Bonchev–Trinajstić information content (AvgIpc) is 3.73. The molecular formula is C71H85BN2O. The van der Waals surface area contributed by atoms with Gasteiger partial charge in [-0.1, -0.05) is 167 Å². The Morgan fingerprint density at radius 1 is 0.427 bits per heavy atom. The highest BCUT2D eigenvalue weighted by Gasteiger charge is 2.49.